The van der Waals surface area contributed by atoms with Crippen LogP contribution in [0.1, 0.15) is 27.6 Å². The monoisotopic (exact) mass is 438 g/mol. The van der Waals surface area contributed by atoms with Crippen molar-refractivity contribution in [3.63, 3.8) is 0 Å². The maximum atomic E-state index is 12.4. The highest BCUT2D eigenvalue weighted by molar-refractivity contribution is 7.91. The number of ether oxygens (including phenoxy) is 1. The Morgan fingerprint density at radius 1 is 0.742 bits per heavy atom. The molecule has 8 heteroatoms. The number of nitrogens with one attached hydrogen (secondary N) is 2. The minimum Gasteiger partial charge on any atom is -0.497 e. The molecule has 0 aromatic heterocycles. The zero-order chi connectivity index (χ0) is 22.4. The van der Waals surface area contributed by atoms with Crippen LogP contribution in [0, 0.1) is 0 Å². The molecule has 2 amide bonds. The Morgan fingerprint density at radius 2 is 1.16 bits per heavy atom. The van der Waals surface area contributed by atoms with Crippen molar-refractivity contribution >= 4 is 33.0 Å². The second kappa shape index (κ2) is 9.44. The lowest BCUT2D eigenvalue weighted by molar-refractivity contribution is 0.102. The van der Waals surface area contributed by atoms with Crippen LogP contribution < -0.4 is 15.4 Å². The van der Waals surface area contributed by atoms with Gasteiger partial charge in [-0.2, -0.15) is 0 Å². The molecule has 0 saturated carbocycles. The van der Waals surface area contributed by atoms with Crippen molar-refractivity contribution in [2.45, 2.75) is 11.8 Å². The fraction of sp³-hybridized carbons (Fsp3) is 0.130. The van der Waals surface area contributed by atoms with E-state index in [1.54, 1.807) is 62.6 Å². The number of hydrogen-bond acceptors (Lipinski definition) is 5. The molecule has 0 radical (unpaired) electrons. The fourth-order valence-corrected chi connectivity index (χ4v) is 3.65. The molecule has 160 valence electrons. The van der Waals surface area contributed by atoms with Gasteiger partial charge in [-0.25, -0.2) is 8.42 Å². The lowest BCUT2D eigenvalue weighted by atomic mass is 10.1. The van der Waals surface area contributed by atoms with Gasteiger partial charge in [0.15, 0.2) is 9.84 Å². The van der Waals surface area contributed by atoms with Crippen LogP contribution in [-0.2, 0) is 9.84 Å². The third kappa shape index (κ3) is 5.49. The number of methoxy groups -OCH3 is 1. The van der Waals surface area contributed by atoms with Gasteiger partial charge in [0, 0.05) is 22.5 Å². The molecule has 0 aliphatic carbocycles. The first-order valence-electron chi connectivity index (χ1n) is 9.52. The van der Waals surface area contributed by atoms with Crippen molar-refractivity contribution < 1.29 is 22.7 Å². The first-order chi connectivity index (χ1) is 14.8. The number of rotatable bonds is 7. The minimum atomic E-state index is -3.31. The lowest BCUT2D eigenvalue weighted by Crippen LogP contribution is -2.14. The third-order valence-corrected chi connectivity index (χ3v) is 6.36. The number of carbonyl (C=O) groups is 2. The molecule has 0 spiro atoms. The van der Waals surface area contributed by atoms with E-state index in [-0.39, 0.29) is 22.5 Å². The summed E-state index contributed by atoms with van der Waals surface area (Å²) in [6.45, 7) is 1.57. The number of carbonyl (C=O) groups excluding carboxylic acids is 2. The van der Waals surface area contributed by atoms with Gasteiger partial charge in [0.05, 0.1) is 17.8 Å². The highest BCUT2D eigenvalue weighted by atomic mass is 32.2. The Morgan fingerprint density at radius 3 is 1.58 bits per heavy atom. The van der Waals surface area contributed by atoms with E-state index in [9.17, 15) is 18.0 Å². The molecule has 3 aromatic carbocycles. The predicted molar refractivity (Wildman–Crippen MR) is 120 cm³/mol. The largest absolute Gasteiger partial charge is 0.497 e. The van der Waals surface area contributed by atoms with Crippen LogP contribution in [0.15, 0.2) is 77.7 Å². The van der Waals surface area contributed by atoms with Gasteiger partial charge in [0.2, 0.25) is 0 Å². The van der Waals surface area contributed by atoms with E-state index >= 15 is 0 Å². The first-order valence-corrected chi connectivity index (χ1v) is 11.2. The van der Waals surface area contributed by atoms with Crippen molar-refractivity contribution in [2.24, 2.45) is 0 Å². The van der Waals surface area contributed by atoms with Crippen LogP contribution in [0.5, 0.6) is 5.75 Å². The van der Waals surface area contributed by atoms with Gasteiger partial charge < -0.3 is 15.4 Å². The molecule has 0 unspecified atom stereocenters. The first kappa shape index (κ1) is 22.0. The van der Waals surface area contributed by atoms with Crippen molar-refractivity contribution in [2.75, 3.05) is 23.5 Å². The average molecular weight is 439 g/mol. The summed E-state index contributed by atoms with van der Waals surface area (Å²) in [7, 11) is -1.75. The Hall–Kier alpha value is -3.65. The van der Waals surface area contributed by atoms with Crippen molar-refractivity contribution in [3.05, 3.63) is 83.9 Å². The van der Waals surface area contributed by atoms with Gasteiger partial charge in [-0.1, -0.05) is 6.92 Å². The average Bonchev–Trinajstić information content (AvgIpc) is 2.80. The van der Waals surface area contributed by atoms with Gasteiger partial charge in [-0.15, -0.1) is 0 Å². The summed E-state index contributed by atoms with van der Waals surface area (Å²) in [5, 5.41) is 5.51. The van der Waals surface area contributed by atoms with Crippen LogP contribution in [-0.4, -0.2) is 33.1 Å². The molecule has 0 heterocycles. The fourth-order valence-electron chi connectivity index (χ4n) is 2.77. The highest BCUT2D eigenvalue weighted by Crippen LogP contribution is 2.18. The summed E-state index contributed by atoms with van der Waals surface area (Å²) in [5.41, 5.74) is 1.91. The summed E-state index contributed by atoms with van der Waals surface area (Å²) in [4.78, 5) is 25.0. The lowest BCUT2D eigenvalue weighted by Gasteiger charge is -2.09. The van der Waals surface area contributed by atoms with E-state index in [0.717, 1.165) is 0 Å². The van der Waals surface area contributed by atoms with Crippen molar-refractivity contribution in [1.82, 2.24) is 0 Å². The third-order valence-electron chi connectivity index (χ3n) is 4.61. The molecule has 0 aliphatic rings. The minimum absolute atomic E-state index is 0.00304. The smallest absolute Gasteiger partial charge is 0.255 e. The number of sulfone groups is 1. The summed E-state index contributed by atoms with van der Waals surface area (Å²) in [5.74, 6) is 0.0306. The van der Waals surface area contributed by atoms with Crippen LogP contribution in [0.2, 0.25) is 0 Å². The number of benzene rings is 3. The van der Waals surface area contributed by atoms with Crippen LogP contribution in [0.3, 0.4) is 0 Å². The summed E-state index contributed by atoms with van der Waals surface area (Å²) < 4.78 is 28.8. The molecule has 2 N–H and O–H groups in total. The van der Waals surface area contributed by atoms with Gasteiger partial charge in [0.1, 0.15) is 5.75 Å². The normalized spacial score (nSPS) is 10.9. The van der Waals surface area contributed by atoms with E-state index in [1.165, 1.54) is 24.3 Å². The Kier molecular flexibility index (Phi) is 6.71. The van der Waals surface area contributed by atoms with Gasteiger partial charge in [-0.3, -0.25) is 9.59 Å². The van der Waals surface area contributed by atoms with Crippen LogP contribution in [0.4, 0.5) is 11.4 Å². The molecule has 7 nitrogen and oxygen atoms in total. The molecule has 0 atom stereocenters. The molecule has 31 heavy (non-hydrogen) atoms. The Labute approximate surface area is 181 Å². The molecular formula is C23H22N2O5S. The van der Waals surface area contributed by atoms with Crippen molar-refractivity contribution in [1.29, 1.82) is 0 Å². The zero-order valence-corrected chi connectivity index (χ0v) is 17.9. The molecule has 0 fully saturated rings. The standard InChI is InChI=1S/C23H22N2O5S/c1-3-31(28,29)21-14-6-17(7-15-21)23(27)24-18-8-4-16(5-9-18)22(26)25-19-10-12-20(30-2)13-11-19/h4-15H,3H2,1-2H3,(H,24,27)(H,25,26). The van der Waals surface area contributed by atoms with E-state index in [4.69, 9.17) is 4.74 Å². The van der Waals surface area contributed by atoms with Gasteiger partial charge >= 0.3 is 0 Å². The SMILES string of the molecule is CCS(=O)(=O)c1ccc(C(=O)Nc2ccc(C(=O)Nc3ccc(OC)cc3)cc2)cc1. The molecule has 0 aliphatic heterocycles. The maximum absolute atomic E-state index is 12.4. The quantitative estimate of drug-likeness (QED) is 0.581. The highest BCUT2D eigenvalue weighted by Gasteiger charge is 2.13. The maximum Gasteiger partial charge on any atom is 0.255 e. The molecule has 3 aromatic rings. The molecule has 3 rings (SSSR count). The second-order valence-corrected chi connectivity index (χ2v) is 8.92. The van der Waals surface area contributed by atoms with E-state index in [1.807, 2.05) is 0 Å². The summed E-state index contributed by atoms with van der Waals surface area (Å²) in [6, 6.07) is 19.2. The van der Waals surface area contributed by atoms with E-state index < -0.39 is 9.84 Å². The van der Waals surface area contributed by atoms with E-state index in [2.05, 4.69) is 10.6 Å². The van der Waals surface area contributed by atoms with Crippen LogP contribution >= 0.6 is 0 Å². The van der Waals surface area contributed by atoms with Crippen LogP contribution in [0.25, 0.3) is 0 Å². The summed E-state index contributed by atoms with van der Waals surface area (Å²) >= 11 is 0. The zero-order valence-electron chi connectivity index (χ0n) is 17.1. The van der Waals surface area contributed by atoms with Gasteiger partial charge in [0.25, 0.3) is 11.8 Å². The summed E-state index contributed by atoms with van der Waals surface area (Å²) in [6.07, 6.45) is 0. The van der Waals surface area contributed by atoms with Gasteiger partial charge in [-0.05, 0) is 72.8 Å². The predicted octanol–water partition coefficient (Wildman–Crippen LogP) is 3.99. The Bertz CT molecular complexity index is 1170. The van der Waals surface area contributed by atoms with E-state index in [0.29, 0.717) is 28.3 Å². The van der Waals surface area contributed by atoms with Crippen molar-refractivity contribution in [3.8, 4) is 5.75 Å². The molecule has 0 bridgehead atoms. The second-order valence-electron chi connectivity index (χ2n) is 6.64. The number of amides is 2. The molecule has 0 saturated heterocycles. The Balaban J connectivity index is 1.63. The molecular weight excluding hydrogens is 416 g/mol. The number of anilines is 2. The number of hydrogen-bond donors (Lipinski definition) is 2. The topological polar surface area (TPSA) is 102 Å².